The van der Waals surface area contributed by atoms with E-state index in [1.54, 1.807) is 0 Å². The van der Waals surface area contributed by atoms with E-state index in [4.69, 9.17) is 0 Å². The molecular formula is C20H23FN2O3. The van der Waals surface area contributed by atoms with Gasteiger partial charge < -0.3 is 9.72 Å². The Morgan fingerprint density at radius 2 is 2.12 bits per heavy atom. The van der Waals surface area contributed by atoms with Crippen molar-refractivity contribution in [3.05, 3.63) is 35.5 Å². The molecule has 0 aliphatic carbocycles. The standard InChI is InChI=1S/C20H23FN2O3/c1-11(24)15-10-23-8-7-13-12-5-3-4-6-16(12)22-19(13)17(23)9-14(15)18(21)20(25)26-2/h3-6,14-15,17-18,22H,7-10H2,1-2H3/t14-,15+,17-,18?/m0/s1. The number of para-hydroxylation sites is 1. The molecule has 1 aromatic heterocycles. The Morgan fingerprint density at radius 3 is 2.85 bits per heavy atom. The second-order valence-corrected chi connectivity index (χ2v) is 7.37. The average molecular weight is 358 g/mol. The molecule has 1 unspecified atom stereocenters. The Hall–Kier alpha value is -2.21. The van der Waals surface area contributed by atoms with E-state index in [2.05, 4.69) is 20.7 Å². The number of methoxy groups -OCH3 is 1. The van der Waals surface area contributed by atoms with Crippen LogP contribution in [0.1, 0.15) is 30.6 Å². The number of piperidine rings is 1. The van der Waals surface area contributed by atoms with Crippen LogP contribution >= 0.6 is 0 Å². The number of carbonyl (C=O) groups excluding carboxylic acids is 2. The van der Waals surface area contributed by atoms with E-state index in [1.807, 2.05) is 18.2 Å². The van der Waals surface area contributed by atoms with Crippen molar-refractivity contribution in [3.8, 4) is 0 Å². The number of hydrogen-bond acceptors (Lipinski definition) is 4. The van der Waals surface area contributed by atoms with E-state index in [0.717, 1.165) is 24.2 Å². The summed E-state index contributed by atoms with van der Waals surface area (Å²) in [5, 5.41) is 1.21. The fourth-order valence-electron chi connectivity index (χ4n) is 4.70. The van der Waals surface area contributed by atoms with Crippen molar-refractivity contribution in [1.82, 2.24) is 9.88 Å². The van der Waals surface area contributed by atoms with E-state index in [1.165, 1.54) is 25.0 Å². The van der Waals surface area contributed by atoms with Crippen molar-refractivity contribution < 1.29 is 18.7 Å². The molecule has 6 heteroatoms. The van der Waals surface area contributed by atoms with Crippen molar-refractivity contribution in [2.24, 2.45) is 11.8 Å². The largest absolute Gasteiger partial charge is 0.467 e. The number of aromatic amines is 1. The Balaban J connectivity index is 1.72. The summed E-state index contributed by atoms with van der Waals surface area (Å²) in [6.07, 6.45) is -0.438. The second-order valence-electron chi connectivity index (χ2n) is 7.37. The Bertz CT molecular complexity index is 862. The molecule has 4 rings (SSSR count). The van der Waals surface area contributed by atoms with Gasteiger partial charge in [0.1, 0.15) is 5.78 Å². The number of esters is 1. The minimum atomic E-state index is -1.77. The molecule has 1 fully saturated rings. The van der Waals surface area contributed by atoms with Crippen molar-refractivity contribution >= 4 is 22.7 Å². The van der Waals surface area contributed by atoms with Gasteiger partial charge in [-0.3, -0.25) is 9.69 Å². The molecule has 4 atom stereocenters. The zero-order chi connectivity index (χ0) is 18.4. The lowest BCUT2D eigenvalue weighted by Crippen LogP contribution is -2.51. The van der Waals surface area contributed by atoms with Gasteiger partial charge in [-0.2, -0.15) is 0 Å². The van der Waals surface area contributed by atoms with E-state index < -0.39 is 24.0 Å². The van der Waals surface area contributed by atoms with Gasteiger partial charge in [0.2, 0.25) is 6.17 Å². The third-order valence-corrected chi connectivity index (χ3v) is 6.04. The number of nitrogens with zero attached hydrogens (tertiary/aromatic N) is 1. The van der Waals surface area contributed by atoms with Crippen LogP contribution < -0.4 is 0 Å². The third-order valence-electron chi connectivity index (χ3n) is 6.04. The average Bonchev–Trinajstić information content (AvgIpc) is 3.04. The van der Waals surface area contributed by atoms with Crippen molar-refractivity contribution in [3.63, 3.8) is 0 Å². The number of H-pyrrole nitrogens is 1. The SMILES string of the molecule is COC(=O)C(F)[C@H]1C[C@H]2c3[nH]c4ccccc4c3CCN2C[C@@H]1C(C)=O. The molecule has 3 heterocycles. The summed E-state index contributed by atoms with van der Waals surface area (Å²) in [5.41, 5.74) is 3.45. The van der Waals surface area contributed by atoms with Crippen molar-refractivity contribution in [1.29, 1.82) is 0 Å². The number of carbonyl (C=O) groups is 2. The lowest BCUT2D eigenvalue weighted by atomic mass is 9.74. The predicted molar refractivity (Wildman–Crippen MR) is 95.5 cm³/mol. The number of nitrogens with one attached hydrogen (secondary N) is 1. The first-order valence-electron chi connectivity index (χ1n) is 9.07. The van der Waals surface area contributed by atoms with Gasteiger partial charge in [0.15, 0.2) is 0 Å². The summed E-state index contributed by atoms with van der Waals surface area (Å²) in [4.78, 5) is 29.7. The number of alkyl halides is 1. The molecule has 138 valence electrons. The summed E-state index contributed by atoms with van der Waals surface area (Å²) in [6.45, 7) is 2.81. The van der Waals surface area contributed by atoms with Crippen LogP contribution in [0.4, 0.5) is 4.39 Å². The Morgan fingerprint density at radius 1 is 1.35 bits per heavy atom. The van der Waals surface area contributed by atoms with Crippen LogP contribution in [-0.2, 0) is 20.7 Å². The summed E-state index contributed by atoms with van der Waals surface area (Å²) in [7, 11) is 1.18. The van der Waals surface area contributed by atoms with Crippen LogP contribution in [0.25, 0.3) is 10.9 Å². The smallest absolute Gasteiger partial charge is 0.340 e. The van der Waals surface area contributed by atoms with Crippen molar-refractivity contribution in [2.45, 2.75) is 32.0 Å². The fraction of sp³-hybridized carbons (Fsp3) is 0.500. The molecule has 26 heavy (non-hydrogen) atoms. The topological polar surface area (TPSA) is 62.4 Å². The molecule has 2 aromatic rings. The first-order chi connectivity index (χ1) is 12.5. The van der Waals surface area contributed by atoms with Gasteiger partial charge in [-0.1, -0.05) is 18.2 Å². The molecule has 2 aliphatic heterocycles. The van der Waals surface area contributed by atoms with E-state index in [9.17, 15) is 14.0 Å². The fourth-order valence-corrected chi connectivity index (χ4v) is 4.70. The molecule has 1 saturated heterocycles. The van der Waals surface area contributed by atoms with Gasteiger partial charge in [-0.25, -0.2) is 9.18 Å². The number of hydrogen-bond donors (Lipinski definition) is 1. The summed E-state index contributed by atoms with van der Waals surface area (Å²) < 4.78 is 19.4. The zero-order valence-corrected chi connectivity index (χ0v) is 15.0. The summed E-state index contributed by atoms with van der Waals surface area (Å²) in [6, 6.07) is 8.16. The molecular weight excluding hydrogens is 335 g/mol. The van der Waals surface area contributed by atoms with Gasteiger partial charge in [0.25, 0.3) is 0 Å². The minimum absolute atomic E-state index is 0.00495. The van der Waals surface area contributed by atoms with E-state index >= 15 is 0 Å². The summed E-state index contributed by atoms with van der Waals surface area (Å²) >= 11 is 0. The monoisotopic (exact) mass is 358 g/mol. The lowest BCUT2D eigenvalue weighted by molar-refractivity contribution is -0.152. The molecule has 5 nitrogen and oxygen atoms in total. The molecule has 0 amide bonds. The maximum Gasteiger partial charge on any atom is 0.340 e. The highest BCUT2D eigenvalue weighted by molar-refractivity contribution is 5.85. The number of benzene rings is 1. The molecule has 0 spiro atoms. The summed E-state index contributed by atoms with van der Waals surface area (Å²) in [5.74, 6) is -2.09. The first kappa shape index (κ1) is 17.2. The number of halogens is 1. The lowest BCUT2D eigenvalue weighted by Gasteiger charge is -2.46. The van der Waals surface area contributed by atoms with Crippen LogP contribution in [0, 0.1) is 11.8 Å². The number of aromatic nitrogens is 1. The first-order valence-corrected chi connectivity index (χ1v) is 9.07. The van der Waals surface area contributed by atoms with E-state index in [0.29, 0.717) is 13.0 Å². The molecule has 1 aromatic carbocycles. The molecule has 2 aliphatic rings. The second kappa shape index (κ2) is 6.50. The Kier molecular flexibility index (Phi) is 4.31. The number of ether oxygens (including phenoxy) is 1. The maximum absolute atomic E-state index is 14.8. The van der Waals surface area contributed by atoms with Crippen LogP contribution in [0.5, 0.6) is 0 Å². The van der Waals surface area contributed by atoms with Gasteiger partial charge in [0.05, 0.1) is 13.2 Å². The van der Waals surface area contributed by atoms with Crippen LogP contribution in [0.3, 0.4) is 0 Å². The quantitative estimate of drug-likeness (QED) is 0.857. The van der Waals surface area contributed by atoms with Crippen molar-refractivity contribution in [2.75, 3.05) is 20.2 Å². The van der Waals surface area contributed by atoms with E-state index in [-0.39, 0.29) is 11.8 Å². The van der Waals surface area contributed by atoms with Gasteiger partial charge >= 0.3 is 5.97 Å². The number of Topliss-reactive ketones (excluding diaryl/α,β-unsaturated/α-hetero) is 1. The number of fused-ring (bicyclic) bond motifs is 5. The maximum atomic E-state index is 14.8. The van der Waals surface area contributed by atoms with Gasteiger partial charge in [-0.15, -0.1) is 0 Å². The highest BCUT2D eigenvalue weighted by Gasteiger charge is 2.46. The normalized spacial score (nSPS) is 26.8. The zero-order valence-electron chi connectivity index (χ0n) is 15.0. The minimum Gasteiger partial charge on any atom is -0.467 e. The molecule has 1 N–H and O–H groups in total. The Labute approximate surface area is 151 Å². The van der Waals surface area contributed by atoms with Gasteiger partial charge in [-0.05, 0) is 31.4 Å². The van der Waals surface area contributed by atoms with Crippen LogP contribution in [0.2, 0.25) is 0 Å². The van der Waals surface area contributed by atoms with Gasteiger partial charge in [0, 0.05) is 41.5 Å². The third kappa shape index (κ3) is 2.63. The molecule has 0 radical (unpaired) electrons. The molecule has 0 saturated carbocycles. The predicted octanol–water partition coefficient (Wildman–Crippen LogP) is 2.80. The highest BCUT2D eigenvalue weighted by Crippen LogP contribution is 2.44. The number of ketones is 1. The highest BCUT2D eigenvalue weighted by atomic mass is 19.1. The van der Waals surface area contributed by atoms with Crippen LogP contribution in [0.15, 0.2) is 24.3 Å². The number of rotatable bonds is 3. The van der Waals surface area contributed by atoms with Crippen LogP contribution in [-0.4, -0.2) is 48.0 Å². The molecule has 0 bridgehead atoms.